The number of benzene rings is 2. The molecule has 3 rings (SSSR count). The van der Waals surface area contributed by atoms with Crippen LogP contribution in [-0.4, -0.2) is 68.9 Å². The molecule has 0 aliphatic carbocycles. The summed E-state index contributed by atoms with van der Waals surface area (Å²) in [5.74, 6) is 0.447. The zero-order chi connectivity index (χ0) is 22.8. The van der Waals surface area contributed by atoms with Crippen molar-refractivity contribution in [2.24, 2.45) is 0 Å². The first kappa shape index (κ1) is 22.5. The van der Waals surface area contributed by atoms with E-state index in [1.807, 2.05) is 0 Å². The second kappa shape index (κ2) is 8.90. The van der Waals surface area contributed by atoms with E-state index in [1.54, 1.807) is 11.8 Å². The van der Waals surface area contributed by atoms with Gasteiger partial charge in [-0.25, -0.2) is 8.42 Å². The summed E-state index contributed by atoms with van der Waals surface area (Å²) >= 11 is 0. The van der Waals surface area contributed by atoms with Gasteiger partial charge in [-0.15, -0.1) is 0 Å². The Bertz CT molecular complexity index is 1110. The van der Waals surface area contributed by atoms with Crippen molar-refractivity contribution in [3.8, 4) is 11.5 Å². The molecule has 2 aromatic rings. The number of carbonyl (C=O) groups is 1. The lowest BCUT2D eigenvalue weighted by atomic mass is 10.1. The number of hydrogen-bond acceptors (Lipinski definition) is 7. The molecule has 0 unspecified atom stereocenters. The van der Waals surface area contributed by atoms with E-state index >= 15 is 0 Å². The number of rotatable bonds is 6. The van der Waals surface area contributed by atoms with Gasteiger partial charge < -0.3 is 14.4 Å². The molecule has 0 bridgehead atoms. The van der Waals surface area contributed by atoms with Gasteiger partial charge >= 0.3 is 0 Å². The molecular formula is C20H23N3O7S. The minimum absolute atomic E-state index is 0.0533. The van der Waals surface area contributed by atoms with Gasteiger partial charge in [0.2, 0.25) is 10.0 Å². The molecule has 0 N–H and O–H groups in total. The fraction of sp³-hybridized carbons (Fsp3) is 0.350. The monoisotopic (exact) mass is 449 g/mol. The SMILES string of the molecule is COc1ccc(S(=O)(=O)N2CCN(C(=O)c3ccc([N+](=O)[O-])c(C)c3)CC2)cc1OC. The van der Waals surface area contributed by atoms with Crippen molar-refractivity contribution in [1.82, 2.24) is 9.21 Å². The van der Waals surface area contributed by atoms with Crippen molar-refractivity contribution in [2.75, 3.05) is 40.4 Å². The van der Waals surface area contributed by atoms with E-state index in [4.69, 9.17) is 9.47 Å². The lowest BCUT2D eigenvalue weighted by molar-refractivity contribution is -0.385. The predicted octanol–water partition coefficient (Wildman–Crippen LogP) is 2.07. The van der Waals surface area contributed by atoms with Crippen LogP contribution in [0.1, 0.15) is 15.9 Å². The number of carbonyl (C=O) groups excluding carboxylic acids is 1. The average molecular weight is 449 g/mol. The zero-order valence-corrected chi connectivity index (χ0v) is 18.2. The van der Waals surface area contributed by atoms with Crippen LogP contribution in [0.4, 0.5) is 5.69 Å². The number of amides is 1. The molecule has 166 valence electrons. The molecule has 1 heterocycles. The van der Waals surface area contributed by atoms with E-state index in [1.165, 1.54) is 54.9 Å². The van der Waals surface area contributed by atoms with E-state index < -0.39 is 14.9 Å². The molecule has 10 nitrogen and oxygen atoms in total. The number of methoxy groups -OCH3 is 2. The number of piperazine rings is 1. The molecule has 1 saturated heterocycles. The molecule has 0 spiro atoms. The van der Waals surface area contributed by atoms with Gasteiger partial charge in [-0.3, -0.25) is 14.9 Å². The fourth-order valence-electron chi connectivity index (χ4n) is 3.43. The Balaban J connectivity index is 1.72. The summed E-state index contributed by atoms with van der Waals surface area (Å²) in [5, 5.41) is 11.0. The number of aryl methyl sites for hydroxylation is 1. The van der Waals surface area contributed by atoms with Crippen LogP contribution in [0.5, 0.6) is 11.5 Å². The number of nitrogens with zero attached hydrogens (tertiary/aromatic N) is 3. The highest BCUT2D eigenvalue weighted by Gasteiger charge is 2.31. The normalized spacial score (nSPS) is 14.9. The van der Waals surface area contributed by atoms with Gasteiger partial charge in [0.1, 0.15) is 0 Å². The van der Waals surface area contributed by atoms with Crippen molar-refractivity contribution in [3.63, 3.8) is 0 Å². The maximum Gasteiger partial charge on any atom is 0.272 e. The number of sulfonamides is 1. The largest absolute Gasteiger partial charge is 0.493 e. The molecule has 31 heavy (non-hydrogen) atoms. The zero-order valence-electron chi connectivity index (χ0n) is 17.4. The van der Waals surface area contributed by atoms with E-state index in [2.05, 4.69) is 0 Å². The van der Waals surface area contributed by atoms with Crippen LogP contribution in [0.3, 0.4) is 0 Å². The van der Waals surface area contributed by atoms with Crippen LogP contribution in [0.15, 0.2) is 41.3 Å². The molecule has 0 atom stereocenters. The Morgan fingerprint density at radius 1 is 1.00 bits per heavy atom. The number of ether oxygens (including phenoxy) is 2. The second-order valence-corrected chi connectivity index (χ2v) is 8.91. The Kier molecular flexibility index (Phi) is 6.46. The third kappa shape index (κ3) is 4.47. The van der Waals surface area contributed by atoms with Crippen LogP contribution in [0.2, 0.25) is 0 Å². The maximum absolute atomic E-state index is 13.0. The van der Waals surface area contributed by atoms with Gasteiger partial charge in [0.05, 0.1) is 24.0 Å². The van der Waals surface area contributed by atoms with Gasteiger partial charge in [0.15, 0.2) is 11.5 Å². The third-order valence-corrected chi connectivity index (χ3v) is 7.05. The Labute approximate surface area is 180 Å². The summed E-state index contributed by atoms with van der Waals surface area (Å²) in [6, 6.07) is 8.59. The van der Waals surface area contributed by atoms with Crippen LogP contribution >= 0.6 is 0 Å². The Morgan fingerprint density at radius 3 is 2.19 bits per heavy atom. The van der Waals surface area contributed by atoms with Crippen molar-refractivity contribution >= 4 is 21.6 Å². The van der Waals surface area contributed by atoms with Crippen LogP contribution < -0.4 is 9.47 Å². The molecule has 1 aliphatic heterocycles. The van der Waals surface area contributed by atoms with E-state index in [0.29, 0.717) is 22.6 Å². The highest BCUT2D eigenvalue weighted by molar-refractivity contribution is 7.89. The lowest BCUT2D eigenvalue weighted by Crippen LogP contribution is -2.50. The molecule has 1 amide bonds. The highest BCUT2D eigenvalue weighted by atomic mass is 32.2. The van der Waals surface area contributed by atoms with Crippen LogP contribution in [0.25, 0.3) is 0 Å². The van der Waals surface area contributed by atoms with Crippen molar-refractivity contribution in [3.05, 3.63) is 57.6 Å². The van der Waals surface area contributed by atoms with Crippen LogP contribution in [0, 0.1) is 17.0 Å². The smallest absolute Gasteiger partial charge is 0.272 e. The molecule has 1 fully saturated rings. The lowest BCUT2D eigenvalue weighted by Gasteiger charge is -2.34. The molecule has 2 aromatic carbocycles. The molecule has 0 saturated carbocycles. The Morgan fingerprint density at radius 2 is 1.65 bits per heavy atom. The molecule has 0 radical (unpaired) electrons. The summed E-state index contributed by atoms with van der Waals surface area (Å²) in [6.45, 7) is 2.26. The van der Waals surface area contributed by atoms with Crippen molar-refractivity contribution in [2.45, 2.75) is 11.8 Å². The molecular weight excluding hydrogens is 426 g/mol. The number of nitro groups is 1. The molecule has 1 aliphatic rings. The van der Waals surface area contributed by atoms with Gasteiger partial charge in [-0.05, 0) is 31.2 Å². The van der Waals surface area contributed by atoms with Crippen molar-refractivity contribution in [1.29, 1.82) is 0 Å². The number of hydrogen-bond donors (Lipinski definition) is 0. The molecule has 0 aromatic heterocycles. The summed E-state index contributed by atoms with van der Waals surface area (Å²) in [5.41, 5.74) is 0.673. The quantitative estimate of drug-likeness (QED) is 0.489. The van der Waals surface area contributed by atoms with Gasteiger partial charge in [0, 0.05) is 49.4 Å². The summed E-state index contributed by atoms with van der Waals surface area (Å²) in [7, 11) is -0.874. The summed E-state index contributed by atoms with van der Waals surface area (Å²) < 4.78 is 37.7. The average Bonchev–Trinajstić information content (AvgIpc) is 2.77. The van der Waals surface area contributed by atoms with Crippen molar-refractivity contribution < 1.29 is 27.6 Å². The standard InChI is InChI=1S/C20H23N3O7S/c1-14-12-15(4-6-17(14)23(25)26)20(24)21-8-10-22(11-9-21)31(27,28)16-5-7-18(29-2)19(13-16)30-3/h4-7,12-13H,8-11H2,1-3H3. The van der Waals surface area contributed by atoms with E-state index in [-0.39, 0.29) is 42.7 Å². The minimum Gasteiger partial charge on any atom is -0.493 e. The summed E-state index contributed by atoms with van der Waals surface area (Å²) in [6.07, 6.45) is 0. The highest BCUT2D eigenvalue weighted by Crippen LogP contribution is 2.31. The first-order valence-corrected chi connectivity index (χ1v) is 10.9. The first-order chi connectivity index (χ1) is 14.7. The topological polar surface area (TPSA) is 119 Å². The fourth-order valence-corrected chi connectivity index (χ4v) is 4.87. The summed E-state index contributed by atoms with van der Waals surface area (Å²) in [4.78, 5) is 24.9. The molecule has 11 heteroatoms. The van der Waals surface area contributed by atoms with E-state index in [0.717, 1.165) is 0 Å². The second-order valence-electron chi connectivity index (χ2n) is 6.97. The van der Waals surface area contributed by atoms with Gasteiger partial charge in [-0.2, -0.15) is 4.31 Å². The first-order valence-electron chi connectivity index (χ1n) is 9.45. The minimum atomic E-state index is -3.77. The predicted molar refractivity (Wildman–Crippen MR) is 112 cm³/mol. The number of nitro benzene ring substituents is 1. The maximum atomic E-state index is 13.0. The Hall–Kier alpha value is -3.18. The van der Waals surface area contributed by atoms with Crippen LogP contribution in [-0.2, 0) is 10.0 Å². The van der Waals surface area contributed by atoms with E-state index in [9.17, 15) is 23.3 Å². The van der Waals surface area contributed by atoms with Gasteiger partial charge in [0.25, 0.3) is 11.6 Å². The van der Waals surface area contributed by atoms with Gasteiger partial charge in [-0.1, -0.05) is 0 Å². The third-order valence-electron chi connectivity index (χ3n) is 5.16.